The molecule has 0 spiro atoms. The molecule has 1 aromatic carbocycles. The van der Waals surface area contributed by atoms with Gasteiger partial charge >= 0.3 is 0 Å². The number of rotatable bonds is 7. The standard InChI is InChI=1S/C22H29NOS/c1-2-3-4-9-14-19(24)17-22-23(18-12-7-5-6-8-13-18)20-15-10-11-16-21(20)25-22/h10-12,15-17H,2-9,13-14H2,1H3/b22-17-. The van der Waals surface area contributed by atoms with E-state index in [9.17, 15) is 4.79 Å². The third kappa shape index (κ3) is 4.78. The quantitative estimate of drug-likeness (QED) is 0.395. The van der Waals surface area contributed by atoms with Gasteiger partial charge in [0.05, 0.1) is 10.7 Å². The lowest BCUT2D eigenvalue weighted by Crippen LogP contribution is -2.17. The monoisotopic (exact) mass is 355 g/mol. The molecule has 0 saturated heterocycles. The van der Waals surface area contributed by atoms with Crippen LogP contribution in [0.3, 0.4) is 0 Å². The molecule has 1 aliphatic heterocycles. The van der Waals surface area contributed by atoms with E-state index in [1.807, 2.05) is 6.08 Å². The summed E-state index contributed by atoms with van der Waals surface area (Å²) in [5, 5.41) is 1.09. The van der Waals surface area contributed by atoms with Crippen LogP contribution >= 0.6 is 11.8 Å². The maximum atomic E-state index is 12.5. The molecule has 0 atom stereocenters. The first-order valence-corrected chi connectivity index (χ1v) is 10.6. The van der Waals surface area contributed by atoms with Gasteiger partial charge in [0.15, 0.2) is 5.78 Å². The molecule has 0 fully saturated rings. The van der Waals surface area contributed by atoms with E-state index in [1.165, 1.54) is 48.4 Å². The Hall–Kier alpha value is -1.48. The smallest absolute Gasteiger partial charge is 0.158 e. The number of anilines is 1. The maximum Gasteiger partial charge on any atom is 0.158 e. The SMILES string of the molecule is CCCCCCC(=O)/C=C1\Sc2ccccc2N1C1=CCCCCC1. The van der Waals surface area contributed by atoms with Crippen LogP contribution in [0.1, 0.15) is 71.1 Å². The van der Waals surface area contributed by atoms with Crippen molar-refractivity contribution in [1.29, 1.82) is 0 Å². The Balaban J connectivity index is 1.79. The first-order valence-electron chi connectivity index (χ1n) is 9.80. The van der Waals surface area contributed by atoms with Crippen LogP contribution in [0.15, 0.2) is 52.0 Å². The van der Waals surface area contributed by atoms with E-state index in [-0.39, 0.29) is 5.78 Å². The van der Waals surface area contributed by atoms with Gasteiger partial charge < -0.3 is 4.90 Å². The summed E-state index contributed by atoms with van der Waals surface area (Å²) in [4.78, 5) is 16.1. The van der Waals surface area contributed by atoms with E-state index in [0.29, 0.717) is 6.42 Å². The van der Waals surface area contributed by atoms with E-state index in [0.717, 1.165) is 30.7 Å². The zero-order valence-electron chi connectivity index (χ0n) is 15.3. The number of allylic oxidation sites excluding steroid dienone is 3. The Morgan fingerprint density at radius 1 is 1.16 bits per heavy atom. The number of hydrogen-bond acceptors (Lipinski definition) is 3. The van der Waals surface area contributed by atoms with E-state index in [2.05, 4.69) is 42.2 Å². The maximum absolute atomic E-state index is 12.5. The molecule has 0 unspecified atom stereocenters. The number of carbonyl (C=O) groups excluding carboxylic acids is 1. The van der Waals surface area contributed by atoms with Crippen LogP contribution in [-0.2, 0) is 4.79 Å². The molecule has 2 aliphatic rings. The van der Waals surface area contributed by atoms with Gasteiger partial charge in [0.2, 0.25) is 0 Å². The van der Waals surface area contributed by atoms with Crippen LogP contribution < -0.4 is 4.90 Å². The molecule has 0 N–H and O–H groups in total. The summed E-state index contributed by atoms with van der Waals surface area (Å²) in [6.07, 6.45) is 15.6. The summed E-state index contributed by atoms with van der Waals surface area (Å²) in [5.41, 5.74) is 2.62. The Bertz CT molecular complexity index is 662. The lowest BCUT2D eigenvalue weighted by atomic mass is 10.1. The van der Waals surface area contributed by atoms with Crippen molar-refractivity contribution in [3.63, 3.8) is 0 Å². The van der Waals surface area contributed by atoms with Crippen molar-refractivity contribution in [2.24, 2.45) is 0 Å². The van der Waals surface area contributed by atoms with Gasteiger partial charge in [-0.25, -0.2) is 0 Å². The van der Waals surface area contributed by atoms with Crippen LogP contribution in [0.25, 0.3) is 0 Å². The summed E-state index contributed by atoms with van der Waals surface area (Å²) in [5.74, 6) is 0.269. The average Bonchev–Trinajstić information content (AvgIpc) is 2.79. The van der Waals surface area contributed by atoms with Gasteiger partial charge in [-0.2, -0.15) is 0 Å². The minimum Gasteiger partial charge on any atom is -0.307 e. The largest absolute Gasteiger partial charge is 0.307 e. The molecule has 25 heavy (non-hydrogen) atoms. The third-order valence-corrected chi connectivity index (χ3v) is 5.98. The molecule has 0 amide bonds. The number of carbonyl (C=O) groups is 1. The van der Waals surface area contributed by atoms with Gasteiger partial charge in [-0.15, -0.1) is 0 Å². The average molecular weight is 356 g/mol. The van der Waals surface area contributed by atoms with E-state index < -0.39 is 0 Å². The number of hydrogen-bond donors (Lipinski definition) is 0. The van der Waals surface area contributed by atoms with Crippen LogP contribution in [0.5, 0.6) is 0 Å². The minimum atomic E-state index is 0.269. The normalized spacial score (nSPS) is 18.8. The Kier molecular flexibility index (Phi) is 6.80. The summed E-state index contributed by atoms with van der Waals surface area (Å²) in [6.45, 7) is 2.20. The second kappa shape index (κ2) is 9.28. The van der Waals surface area contributed by atoms with Crippen molar-refractivity contribution < 1.29 is 4.79 Å². The summed E-state index contributed by atoms with van der Waals surface area (Å²) in [7, 11) is 0. The zero-order valence-corrected chi connectivity index (χ0v) is 16.1. The van der Waals surface area contributed by atoms with Crippen molar-refractivity contribution in [1.82, 2.24) is 0 Å². The first kappa shape index (κ1) is 18.3. The number of unbranched alkanes of at least 4 members (excludes halogenated alkanes) is 3. The molecule has 0 aromatic heterocycles. The Morgan fingerprint density at radius 2 is 2.04 bits per heavy atom. The second-order valence-corrected chi connectivity index (χ2v) is 8.02. The van der Waals surface area contributed by atoms with Gasteiger partial charge in [0.25, 0.3) is 0 Å². The van der Waals surface area contributed by atoms with E-state index in [1.54, 1.807) is 11.8 Å². The molecule has 1 aromatic rings. The lowest BCUT2D eigenvalue weighted by molar-refractivity contribution is -0.114. The van der Waals surface area contributed by atoms with Gasteiger partial charge in [-0.05, 0) is 44.2 Å². The predicted octanol–water partition coefficient (Wildman–Crippen LogP) is 6.83. The highest BCUT2D eigenvalue weighted by molar-refractivity contribution is 8.03. The molecule has 0 saturated carbocycles. The van der Waals surface area contributed by atoms with Crippen molar-refractivity contribution >= 4 is 23.2 Å². The number of ketones is 1. The number of fused-ring (bicyclic) bond motifs is 1. The van der Waals surface area contributed by atoms with Crippen molar-refractivity contribution in [2.45, 2.75) is 76.0 Å². The van der Waals surface area contributed by atoms with E-state index >= 15 is 0 Å². The van der Waals surface area contributed by atoms with Crippen LogP contribution in [0.4, 0.5) is 5.69 Å². The van der Waals surface area contributed by atoms with Gasteiger partial charge in [0, 0.05) is 23.1 Å². The number of thioether (sulfide) groups is 1. The number of nitrogens with zero attached hydrogens (tertiary/aromatic N) is 1. The zero-order chi connectivity index (χ0) is 17.5. The van der Waals surface area contributed by atoms with E-state index in [4.69, 9.17) is 0 Å². The van der Waals surface area contributed by atoms with Crippen LogP contribution in [-0.4, -0.2) is 5.78 Å². The molecule has 2 nitrogen and oxygen atoms in total. The van der Waals surface area contributed by atoms with Gasteiger partial charge in [-0.3, -0.25) is 4.79 Å². The molecule has 0 radical (unpaired) electrons. The number of benzene rings is 1. The first-order chi connectivity index (χ1) is 12.3. The Labute approximate surface area is 156 Å². The highest BCUT2D eigenvalue weighted by Crippen LogP contribution is 2.48. The van der Waals surface area contributed by atoms with Gasteiger partial charge in [0.1, 0.15) is 0 Å². The molecule has 1 heterocycles. The molecule has 3 heteroatoms. The molecule has 3 rings (SSSR count). The summed E-state index contributed by atoms with van der Waals surface area (Å²) >= 11 is 1.74. The molecular weight excluding hydrogens is 326 g/mol. The van der Waals surface area contributed by atoms with Crippen LogP contribution in [0, 0.1) is 0 Å². The van der Waals surface area contributed by atoms with Crippen LogP contribution in [0.2, 0.25) is 0 Å². The topological polar surface area (TPSA) is 20.3 Å². The molecule has 1 aliphatic carbocycles. The number of para-hydroxylation sites is 1. The molecule has 134 valence electrons. The predicted molar refractivity (Wildman–Crippen MR) is 108 cm³/mol. The van der Waals surface area contributed by atoms with Crippen molar-refractivity contribution in [2.75, 3.05) is 4.90 Å². The lowest BCUT2D eigenvalue weighted by Gasteiger charge is -2.23. The molecular formula is C22H29NOS. The molecule has 0 bridgehead atoms. The van der Waals surface area contributed by atoms with Crippen molar-refractivity contribution in [3.05, 3.63) is 47.1 Å². The Morgan fingerprint density at radius 3 is 2.92 bits per heavy atom. The fourth-order valence-corrected chi connectivity index (χ4v) is 4.67. The highest BCUT2D eigenvalue weighted by atomic mass is 32.2. The minimum absolute atomic E-state index is 0.269. The third-order valence-electron chi connectivity index (χ3n) is 4.91. The summed E-state index contributed by atoms with van der Waals surface area (Å²) in [6, 6.07) is 8.53. The van der Waals surface area contributed by atoms with Gasteiger partial charge in [-0.1, -0.05) is 62.6 Å². The second-order valence-electron chi connectivity index (χ2n) is 6.96. The highest BCUT2D eigenvalue weighted by Gasteiger charge is 2.28. The fraction of sp³-hybridized carbons (Fsp3) is 0.500. The summed E-state index contributed by atoms with van der Waals surface area (Å²) < 4.78 is 0. The van der Waals surface area contributed by atoms with Crippen molar-refractivity contribution in [3.8, 4) is 0 Å². The fourth-order valence-electron chi connectivity index (χ4n) is 3.53.